The van der Waals surface area contributed by atoms with Crippen LogP contribution < -0.4 is 10.6 Å². The molecule has 0 radical (unpaired) electrons. The molecule has 1 fully saturated rings. The lowest BCUT2D eigenvalue weighted by Gasteiger charge is -2.24. The Morgan fingerprint density at radius 2 is 1.92 bits per heavy atom. The van der Waals surface area contributed by atoms with E-state index in [1.54, 1.807) is 0 Å². The standard InChI is InChI=1S/C19H32N4.HI/c1-15-9-10-17(16(2)13-15)14-22-19(20-3)21-11-12-23(4)18-7-5-6-8-18;/h9-10,13,18H,5-8,11-12,14H2,1-4H3,(H2,20,21,22);1H. The molecule has 0 aromatic heterocycles. The fourth-order valence-electron chi connectivity index (χ4n) is 3.32. The summed E-state index contributed by atoms with van der Waals surface area (Å²) in [7, 11) is 4.07. The van der Waals surface area contributed by atoms with Crippen LogP contribution in [0.4, 0.5) is 0 Å². The number of benzene rings is 1. The van der Waals surface area contributed by atoms with Crippen LogP contribution in [0.15, 0.2) is 23.2 Å². The van der Waals surface area contributed by atoms with Gasteiger partial charge in [-0.25, -0.2) is 0 Å². The molecule has 0 unspecified atom stereocenters. The minimum atomic E-state index is 0. The van der Waals surface area contributed by atoms with Crippen molar-refractivity contribution in [2.45, 2.75) is 52.1 Å². The van der Waals surface area contributed by atoms with Gasteiger partial charge in [0.05, 0.1) is 0 Å². The first-order valence-corrected chi connectivity index (χ1v) is 8.81. The number of rotatable bonds is 6. The average Bonchev–Trinajstić information content (AvgIpc) is 3.06. The van der Waals surface area contributed by atoms with Crippen LogP contribution in [-0.2, 0) is 6.54 Å². The Morgan fingerprint density at radius 1 is 1.21 bits per heavy atom. The molecule has 1 saturated carbocycles. The van der Waals surface area contributed by atoms with Crippen molar-refractivity contribution < 1.29 is 0 Å². The van der Waals surface area contributed by atoms with Gasteiger partial charge in [0, 0.05) is 32.7 Å². The van der Waals surface area contributed by atoms with Crippen molar-refractivity contribution in [3.05, 3.63) is 34.9 Å². The van der Waals surface area contributed by atoms with E-state index in [-0.39, 0.29) is 24.0 Å². The zero-order valence-corrected chi connectivity index (χ0v) is 17.9. The Morgan fingerprint density at radius 3 is 2.54 bits per heavy atom. The molecule has 0 heterocycles. The second-order valence-electron chi connectivity index (χ2n) is 6.70. The van der Waals surface area contributed by atoms with Crippen molar-refractivity contribution in [3.63, 3.8) is 0 Å². The highest BCUT2D eigenvalue weighted by molar-refractivity contribution is 14.0. The number of halogens is 1. The fourth-order valence-corrected chi connectivity index (χ4v) is 3.32. The number of hydrogen-bond acceptors (Lipinski definition) is 2. The summed E-state index contributed by atoms with van der Waals surface area (Å²) in [5, 5.41) is 6.83. The summed E-state index contributed by atoms with van der Waals surface area (Å²) in [5.74, 6) is 0.879. The molecule has 0 bridgehead atoms. The van der Waals surface area contributed by atoms with Crippen molar-refractivity contribution in [3.8, 4) is 0 Å². The molecule has 1 aliphatic carbocycles. The summed E-state index contributed by atoms with van der Waals surface area (Å²) in [4.78, 5) is 6.80. The number of aryl methyl sites for hydroxylation is 2. The van der Waals surface area contributed by atoms with Gasteiger partial charge in [-0.2, -0.15) is 0 Å². The predicted octanol–water partition coefficient (Wildman–Crippen LogP) is 3.46. The molecule has 136 valence electrons. The normalized spacial score (nSPS) is 15.5. The summed E-state index contributed by atoms with van der Waals surface area (Å²) in [5.41, 5.74) is 3.96. The van der Waals surface area contributed by atoms with Crippen LogP contribution in [0.1, 0.15) is 42.4 Å². The molecular weight excluding hydrogens is 411 g/mol. The van der Waals surface area contributed by atoms with Crippen molar-refractivity contribution in [1.29, 1.82) is 0 Å². The van der Waals surface area contributed by atoms with E-state index in [1.165, 1.54) is 42.4 Å². The fraction of sp³-hybridized carbons (Fsp3) is 0.632. The molecule has 1 aromatic rings. The first-order valence-electron chi connectivity index (χ1n) is 8.81. The zero-order valence-electron chi connectivity index (χ0n) is 15.6. The van der Waals surface area contributed by atoms with Crippen molar-refractivity contribution in [2.75, 3.05) is 27.2 Å². The van der Waals surface area contributed by atoms with Gasteiger partial charge in [-0.3, -0.25) is 4.99 Å². The van der Waals surface area contributed by atoms with Gasteiger partial charge < -0.3 is 15.5 Å². The van der Waals surface area contributed by atoms with Crippen LogP contribution in [0, 0.1) is 13.8 Å². The van der Waals surface area contributed by atoms with E-state index in [1.807, 2.05) is 7.05 Å². The monoisotopic (exact) mass is 444 g/mol. The maximum atomic E-state index is 4.32. The Bertz CT molecular complexity index is 524. The summed E-state index contributed by atoms with van der Waals surface area (Å²) in [6.07, 6.45) is 5.50. The van der Waals surface area contributed by atoms with E-state index < -0.39 is 0 Å². The van der Waals surface area contributed by atoms with Gasteiger partial charge in [0.1, 0.15) is 0 Å². The van der Waals surface area contributed by atoms with Gasteiger partial charge in [0.25, 0.3) is 0 Å². The van der Waals surface area contributed by atoms with E-state index in [0.29, 0.717) is 0 Å². The highest BCUT2D eigenvalue weighted by Gasteiger charge is 2.18. The van der Waals surface area contributed by atoms with Gasteiger partial charge in [0.15, 0.2) is 5.96 Å². The lowest BCUT2D eigenvalue weighted by Crippen LogP contribution is -2.42. The number of nitrogens with one attached hydrogen (secondary N) is 2. The molecular formula is C19H33IN4. The van der Waals surface area contributed by atoms with Gasteiger partial charge in [0.2, 0.25) is 0 Å². The summed E-state index contributed by atoms with van der Waals surface area (Å²) in [6.45, 7) is 7.10. The van der Waals surface area contributed by atoms with Crippen LogP contribution in [0.5, 0.6) is 0 Å². The smallest absolute Gasteiger partial charge is 0.191 e. The lowest BCUT2D eigenvalue weighted by atomic mass is 10.1. The Labute approximate surface area is 164 Å². The largest absolute Gasteiger partial charge is 0.355 e. The van der Waals surface area contributed by atoms with E-state index in [2.05, 4.69) is 59.6 Å². The third kappa shape index (κ3) is 6.59. The van der Waals surface area contributed by atoms with E-state index in [4.69, 9.17) is 0 Å². The third-order valence-corrected chi connectivity index (χ3v) is 4.87. The summed E-state index contributed by atoms with van der Waals surface area (Å²) in [6, 6.07) is 7.36. The summed E-state index contributed by atoms with van der Waals surface area (Å²) >= 11 is 0. The third-order valence-electron chi connectivity index (χ3n) is 4.87. The van der Waals surface area contributed by atoms with Crippen LogP contribution in [0.2, 0.25) is 0 Å². The van der Waals surface area contributed by atoms with Crippen molar-refractivity contribution in [2.24, 2.45) is 4.99 Å². The minimum Gasteiger partial charge on any atom is -0.355 e. The maximum absolute atomic E-state index is 4.32. The van der Waals surface area contributed by atoms with Gasteiger partial charge in [-0.1, -0.05) is 36.6 Å². The molecule has 24 heavy (non-hydrogen) atoms. The Balaban J connectivity index is 0.00000288. The topological polar surface area (TPSA) is 39.7 Å². The van der Waals surface area contributed by atoms with Gasteiger partial charge >= 0.3 is 0 Å². The first-order chi connectivity index (χ1) is 11.1. The second-order valence-corrected chi connectivity index (χ2v) is 6.70. The SMILES string of the molecule is CN=C(NCCN(C)C1CCCC1)NCc1ccc(C)cc1C.I. The van der Waals surface area contributed by atoms with Crippen LogP contribution in [0.25, 0.3) is 0 Å². The number of hydrogen-bond donors (Lipinski definition) is 2. The molecule has 0 amide bonds. The molecule has 5 heteroatoms. The number of aliphatic imine (C=N–C) groups is 1. The maximum Gasteiger partial charge on any atom is 0.191 e. The minimum absolute atomic E-state index is 0. The first kappa shape index (κ1) is 21.2. The van der Waals surface area contributed by atoms with Crippen LogP contribution in [-0.4, -0.2) is 44.1 Å². The summed E-state index contributed by atoms with van der Waals surface area (Å²) < 4.78 is 0. The molecule has 4 nitrogen and oxygen atoms in total. The molecule has 2 N–H and O–H groups in total. The van der Waals surface area contributed by atoms with Crippen molar-refractivity contribution >= 4 is 29.9 Å². The van der Waals surface area contributed by atoms with Gasteiger partial charge in [-0.05, 0) is 44.9 Å². The van der Waals surface area contributed by atoms with E-state index in [9.17, 15) is 0 Å². The number of nitrogens with zero attached hydrogens (tertiary/aromatic N) is 2. The molecule has 0 spiro atoms. The molecule has 2 rings (SSSR count). The van der Waals surface area contributed by atoms with E-state index >= 15 is 0 Å². The molecule has 1 aromatic carbocycles. The highest BCUT2D eigenvalue weighted by atomic mass is 127. The lowest BCUT2D eigenvalue weighted by molar-refractivity contribution is 0.249. The zero-order chi connectivity index (χ0) is 16.7. The predicted molar refractivity (Wildman–Crippen MR) is 114 cm³/mol. The number of likely N-dealkylation sites (N-methyl/N-ethyl adjacent to an activating group) is 1. The van der Waals surface area contributed by atoms with Crippen LogP contribution >= 0.6 is 24.0 Å². The van der Waals surface area contributed by atoms with Gasteiger partial charge in [-0.15, -0.1) is 24.0 Å². The Kier molecular flexibility index (Phi) is 9.66. The van der Waals surface area contributed by atoms with Crippen LogP contribution in [0.3, 0.4) is 0 Å². The van der Waals surface area contributed by atoms with E-state index in [0.717, 1.165) is 31.6 Å². The quantitative estimate of drug-likeness (QED) is 0.401. The second kappa shape index (κ2) is 10.9. The molecule has 0 saturated heterocycles. The molecule has 0 aliphatic heterocycles. The average molecular weight is 444 g/mol. The Hall–Kier alpha value is -0.820. The number of guanidine groups is 1. The molecule has 1 aliphatic rings. The highest BCUT2D eigenvalue weighted by Crippen LogP contribution is 2.21. The molecule has 0 atom stereocenters. The van der Waals surface area contributed by atoms with Crippen molar-refractivity contribution in [1.82, 2.24) is 15.5 Å².